The van der Waals surface area contributed by atoms with Crippen molar-refractivity contribution >= 4 is 61.4 Å². The molecule has 1 aromatic heterocycles. The summed E-state index contributed by atoms with van der Waals surface area (Å²) in [5.74, 6) is 0. The minimum atomic E-state index is 1.16. The van der Waals surface area contributed by atoms with Crippen LogP contribution in [0.5, 0.6) is 0 Å². The highest BCUT2D eigenvalue weighted by Crippen LogP contribution is 2.37. The zero-order chi connectivity index (χ0) is 21.9. The molecule has 0 amide bonds. The number of nitrogens with zero attached hydrogens (tertiary/aromatic N) is 2. The van der Waals surface area contributed by atoms with Crippen LogP contribution in [0.2, 0.25) is 0 Å². The first-order chi connectivity index (χ1) is 16.3. The molecule has 0 unspecified atom stereocenters. The van der Waals surface area contributed by atoms with Crippen LogP contribution in [0.15, 0.2) is 97.1 Å². The molecule has 0 spiro atoms. The molecular formula is C31H21N2+. The molecule has 0 atom stereocenters. The number of rotatable bonds is 2. The van der Waals surface area contributed by atoms with E-state index >= 15 is 0 Å². The summed E-state index contributed by atoms with van der Waals surface area (Å²) in [6, 6.07) is 33.3. The van der Waals surface area contributed by atoms with Crippen molar-refractivity contribution in [3.8, 4) is 11.1 Å². The first kappa shape index (κ1) is 18.2. The second-order valence-corrected chi connectivity index (χ2v) is 8.76. The largest absolute Gasteiger partial charge is 0.343 e. The zero-order valence-electron chi connectivity index (χ0n) is 18.3. The molecule has 6 aromatic rings. The van der Waals surface area contributed by atoms with Crippen molar-refractivity contribution in [1.82, 2.24) is 9.24 Å². The van der Waals surface area contributed by atoms with Crippen molar-refractivity contribution in [2.24, 2.45) is 7.05 Å². The maximum atomic E-state index is 4.22. The highest BCUT2D eigenvalue weighted by Gasteiger charge is 2.15. The Labute approximate surface area is 191 Å². The van der Waals surface area contributed by atoms with Gasteiger partial charge in [0.15, 0.2) is 0 Å². The summed E-state index contributed by atoms with van der Waals surface area (Å²) in [5.41, 5.74) is 7.43. The van der Waals surface area contributed by atoms with E-state index in [-0.39, 0.29) is 0 Å². The van der Waals surface area contributed by atoms with Crippen molar-refractivity contribution in [2.75, 3.05) is 0 Å². The van der Waals surface area contributed by atoms with Gasteiger partial charge >= 0.3 is 0 Å². The van der Waals surface area contributed by atoms with E-state index in [4.69, 9.17) is 0 Å². The lowest BCUT2D eigenvalue weighted by Crippen LogP contribution is -1.90. The highest BCUT2D eigenvalue weighted by molar-refractivity contribution is 6.21. The van der Waals surface area contributed by atoms with Gasteiger partial charge in [0.1, 0.15) is 0 Å². The van der Waals surface area contributed by atoms with Gasteiger partial charge in [0.05, 0.1) is 11.1 Å². The molecular weight excluding hydrogens is 400 g/mol. The number of fused-ring (bicyclic) bond motifs is 6. The van der Waals surface area contributed by atoms with Crippen molar-refractivity contribution in [1.29, 1.82) is 0 Å². The van der Waals surface area contributed by atoms with Crippen LogP contribution >= 0.6 is 0 Å². The molecule has 0 radical (unpaired) electrons. The Morgan fingerprint density at radius 2 is 1.45 bits per heavy atom. The molecule has 0 aliphatic carbocycles. The van der Waals surface area contributed by atoms with E-state index in [9.17, 15) is 0 Å². The summed E-state index contributed by atoms with van der Waals surface area (Å²) in [4.78, 5) is 0. The SMILES string of the molecule is Cn1c2cc(-c3cccc4ccccc34)ccc2c2ccc3cc(C4=CC=[N+]=C4)ccc3c21. The van der Waals surface area contributed by atoms with E-state index in [1.165, 1.54) is 60.0 Å². The highest BCUT2D eigenvalue weighted by atomic mass is 14.9. The third kappa shape index (κ3) is 2.65. The molecule has 0 saturated carbocycles. The van der Waals surface area contributed by atoms with Gasteiger partial charge in [-0.2, -0.15) is 0 Å². The van der Waals surface area contributed by atoms with E-state index in [1.54, 1.807) is 0 Å². The summed E-state index contributed by atoms with van der Waals surface area (Å²) in [7, 11) is 2.19. The third-order valence-corrected chi connectivity index (χ3v) is 6.96. The van der Waals surface area contributed by atoms with Gasteiger partial charge in [-0.3, -0.25) is 0 Å². The minimum absolute atomic E-state index is 1.16. The summed E-state index contributed by atoms with van der Waals surface area (Å²) in [6.07, 6.45) is 5.83. The normalized spacial score (nSPS) is 13.1. The molecule has 0 bridgehead atoms. The quantitative estimate of drug-likeness (QED) is 0.271. The second-order valence-electron chi connectivity index (χ2n) is 8.76. The van der Waals surface area contributed by atoms with Gasteiger partial charge in [0, 0.05) is 34.8 Å². The average molecular weight is 422 g/mol. The molecule has 1 aliphatic heterocycles. The molecule has 7 rings (SSSR count). The van der Waals surface area contributed by atoms with E-state index in [0.29, 0.717) is 0 Å². The van der Waals surface area contributed by atoms with Crippen LogP contribution in [-0.4, -0.2) is 17.0 Å². The van der Waals surface area contributed by atoms with Crippen molar-refractivity contribution < 1.29 is 0 Å². The predicted octanol–water partition coefficient (Wildman–Crippen LogP) is 6.91. The predicted molar refractivity (Wildman–Crippen MR) is 143 cm³/mol. The molecule has 0 saturated heterocycles. The average Bonchev–Trinajstić information content (AvgIpc) is 3.50. The van der Waals surface area contributed by atoms with Gasteiger partial charge in [0.2, 0.25) is 0 Å². The van der Waals surface area contributed by atoms with Crippen LogP contribution in [0.1, 0.15) is 5.56 Å². The second kappa shape index (κ2) is 6.80. The molecule has 2 nitrogen and oxygen atoms in total. The maximum absolute atomic E-state index is 4.22. The van der Waals surface area contributed by atoms with Crippen LogP contribution in [0.25, 0.3) is 60.1 Å². The maximum Gasteiger partial charge on any atom is 0.300 e. The van der Waals surface area contributed by atoms with Crippen LogP contribution in [-0.2, 0) is 7.05 Å². The number of allylic oxidation sites excluding steroid dienone is 2. The van der Waals surface area contributed by atoms with E-state index < -0.39 is 0 Å². The number of benzene rings is 5. The van der Waals surface area contributed by atoms with E-state index in [2.05, 4.69) is 113 Å². The van der Waals surface area contributed by atoms with Gasteiger partial charge < -0.3 is 4.57 Å². The Morgan fingerprint density at radius 3 is 2.36 bits per heavy atom. The van der Waals surface area contributed by atoms with Crippen molar-refractivity contribution in [3.63, 3.8) is 0 Å². The Hall–Kier alpha value is -4.39. The summed E-state index contributed by atoms with van der Waals surface area (Å²) < 4.78 is 6.57. The molecule has 2 heterocycles. The lowest BCUT2D eigenvalue weighted by molar-refractivity contribution is 1.02. The number of aromatic nitrogens is 1. The van der Waals surface area contributed by atoms with Gasteiger partial charge in [-0.25, -0.2) is 0 Å². The first-order valence-electron chi connectivity index (χ1n) is 11.3. The standard InChI is InChI=1S/C31H21N2/c1-33-30-18-23(26-8-4-6-20-5-2-3-7-25(20)26)10-13-28(30)29-14-11-22-17-21(24-15-16-32-19-24)9-12-27(22)31(29)33/h2-19H,1H3/q+1. The molecule has 2 heteroatoms. The summed E-state index contributed by atoms with van der Waals surface area (Å²) >= 11 is 0. The first-order valence-corrected chi connectivity index (χ1v) is 11.3. The van der Waals surface area contributed by atoms with E-state index in [1.807, 2.05) is 12.4 Å². The van der Waals surface area contributed by atoms with Crippen LogP contribution in [0.3, 0.4) is 0 Å². The van der Waals surface area contributed by atoms with Crippen molar-refractivity contribution in [2.45, 2.75) is 0 Å². The smallest absolute Gasteiger partial charge is 0.300 e. The Bertz CT molecular complexity index is 1850. The van der Waals surface area contributed by atoms with Crippen LogP contribution in [0, 0.1) is 0 Å². The Morgan fingerprint density at radius 1 is 0.636 bits per heavy atom. The summed E-state index contributed by atoms with van der Waals surface area (Å²) in [5, 5.41) is 7.68. The van der Waals surface area contributed by atoms with Gasteiger partial charge in [0.25, 0.3) is 12.4 Å². The lowest BCUT2D eigenvalue weighted by Gasteiger charge is -2.08. The third-order valence-electron chi connectivity index (χ3n) is 6.96. The van der Waals surface area contributed by atoms with Crippen molar-refractivity contribution in [3.05, 3.63) is 103 Å². The lowest BCUT2D eigenvalue weighted by atomic mass is 9.97. The van der Waals surface area contributed by atoms with Gasteiger partial charge in [-0.15, -0.1) is 4.67 Å². The monoisotopic (exact) mass is 421 g/mol. The van der Waals surface area contributed by atoms with E-state index in [0.717, 1.165) is 5.57 Å². The fraction of sp³-hybridized carbons (Fsp3) is 0.0323. The number of hydrogen-bond donors (Lipinski definition) is 0. The Kier molecular flexibility index (Phi) is 3.75. The molecule has 154 valence electrons. The summed E-state index contributed by atoms with van der Waals surface area (Å²) in [6.45, 7) is 0. The topological polar surface area (TPSA) is 19.0 Å². The molecule has 5 aromatic carbocycles. The molecule has 0 fully saturated rings. The molecule has 1 aliphatic rings. The fourth-order valence-corrected chi connectivity index (χ4v) is 5.33. The molecule has 33 heavy (non-hydrogen) atoms. The number of aryl methyl sites for hydroxylation is 1. The van der Waals surface area contributed by atoms with Crippen LogP contribution in [0.4, 0.5) is 0 Å². The zero-order valence-corrected chi connectivity index (χ0v) is 18.3. The van der Waals surface area contributed by atoms with Gasteiger partial charge in [-0.05, 0) is 45.0 Å². The fourth-order valence-electron chi connectivity index (χ4n) is 5.33. The molecule has 0 N–H and O–H groups in total. The van der Waals surface area contributed by atoms with Gasteiger partial charge in [-0.1, -0.05) is 78.9 Å². The minimum Gasteiger partial charge on any atom is -0.343 e. The van der Waals surface area contributed by atoms with Crippen LogP contribution < -0.4 is 4.67 Å². The Balaban J connectivity index is 1.47. The number of hydrogen-bond acceptors (Lipinski definition) is 0.